The molecule has 0 amide bonds. The molecule has 3 nitrogen and oxygen atoms in total. The first kappa shape index (κ1) is 10.7. The maximum atomic E-state index is 12.4. The Bertz CT molecular complexity index is 728. The van der Waals surface area contributed by atoms with E-state index in [1.807, 2.05) is 49.4 Å². The van der Waals surface area contributed by atoms with Crippen molar-refractivity contribution in [3.05, 3.63) is 66.0 Å². The average molecular weight is 236 g/mol. The zero-order valence-electron chi connectivity index (χ0n) is 10.00. The van der Waals surface area contributed by atoms with Gasteiger partial charge in [0.25, 0.3) is 5.91 Å². The highest BCUT2D eigenvalue weighted by molar-refractivity contribution is 6.01. The Morgan fingerprint density at radius 2 is 2.06 bits per heavy atom. The van der Waals surface area contributed by atoms with Gasteiger partial charge in [0.15, 0.2) is 0 Å². The van der Waals surface area contributed by atoms with E-state index in [9.17, 15) is 4.79 Å². The third-order valence-electron chi connectivity index (χ3n) is 2.93. The largest absolute Gasteiger partial charge is 0.268 e. The van der Waals surface area contributed by atoms with Gasteiger partial charge in [0, 0.05) is 23.3 Å². The molecule has 88 valence electrons. The quantitative estimate of drug-likeness (QED) is 0.651. The first-order valence-corrected chi connectivity index (χ1v) is 5.79. The fourth-order valence-electron chi connectivity index (χ4n) is 2.05. The maximum absolute atomic E-state index is 12.4. The van der Waals surface area contributed by atoms with Gasteiger partial charge < -0.3 is 0 Å². The van der Waals surface area contributed by atoms with Crippen molar-refractivity contribution in [3.63, 3.8) is 0 Å². The van der Waals surface area contributed by atoms with Crippen molar-refractivity contribution < 1.29 is 4.79 Å². The Kier molecular flexibility index (Phi) is 2.45. The van der Waals surface area contributed by atoms with Crippen LogP contribution < -0.4 is 0 Å². The van der Waals surface area contributed by atoms with Crippen LogP contribution in [0, 0.1) is 6.92 Å². The van der Waals surface area contributed by atoms with Crippen LogP contribution in [-0.2, 0) is 0 Å². The van der Waals surface area contributed by atoms with Crippen LogP contribution in [-0.4, -0.2) is 15.5 Å². The number of nitrogens with zero attached hydrogens (tertiary/aromatic N) is 2. The molecule has 0 bridgehead atoms. The third kappa shape index (κ3) is 1.70. The van der Waals surface area contributed by atoms with E-state index in [2.05, 4.69) is 4.98 Å². The van der Waals surface area contributed by atoms with Crippen molar-refractivity contribution >= 4 is 16.9 Å². The van der Waals surface area contributed by atoms with E-state index in [1.54, 1.807) is 17.0 Å². The number of hydrogen-bond donors (Lipinski definition) is 0. The Morgan fingerprint density at radius 3 is 2.89 bits per heavy atom. The van der Waals surface area contributed by atoms with Crippen molar-refractivity contribution in [2.24, 2.45) is 0 Å². The van der Waals surface area contributed by atoms with Gasteiger partial charge in [-0.3, -0.25) is 9.36 Å². The van der Waals surface area contributed by atoms with Crippen molar-refractivity contribution in [2.75, 3.05) is 0 Å². The summed E-state index contributed by atoms with van der Waals surface area (Å²) in [6, 6.07) is 13.3. The lowest BCUT2D eigenvalue weighted by Gasteiger charge is -2.04. The van der Waals surface area contributed by atoms with Crippen molar-refractivity contribution in [3.8, 4) is 0 Å². The number of benzene rings is 1. The minimum atomic E-state index is -0.0487. The number of aryl methyl sites for hydroxylation is 1. The molecule has 0 radical (unpaired) electrons. The molecule has 0 aliphatic carbocycles. The van der Waals surface area contributed by atoms with Gasteiger partial charge in [0.05, 0.1) is 0 Å². The summed E-state index contributed by atoms with van der Waals surface area (Å²) in [6.07, 6.45) is 3.46. The number of pyridine rings is 1. The van der Waals surface area contributed by atoms with Crippen LogP contribution >= 0.6 is 0 Å². The lowest BCUT2D eigenvalue weighted by atomic mass is 10.1. The molecular formula is C15H12N2O. The van der Waals surface area contributed by atoms with E-state index >= 15 is 0 Å². The van der Waals surface area contributed by atoms with Gasteiger partial charge in [-0.05, 0) is 37.3 Å². The Hall–Kier alpha value is -2.42. The molecule has 0 N–H and O–H groups in total. The SMILES string of the molecule is Cc1cccc(C(=O)n2ccc3cccnc32)c1. The molecule has 3 rings (SSSR count). The van der Waals surface area contributed by atoms with Crippen LogP contribution in [0.5, 0.6) is 0 Å². The van der Waals surface area contributed by atoms with E-state index in [1.165, 1.54) is 0 Å². The summed E-state index contributed by atoms with van der Waals surface area (Å²) in [5.74, 6) is -0.0487. The maximum Gasteiger partial charge on any atom is 0.263 e. The van der Waals surface area contributed by atoms with Crippen LogP contribution in [0.15, 0.2) is 54.9 Å². The number of rotatable bonds is 1. The summed E-state index contributed by atoms with van der Waals surface area (Å²) in [6.45, 7) is 1.97. The average Bonchev–Trinajstić information content (AvgIpc) is 2.82. The second-order valence-corrected chi connectivity index (χ2v) is 4.28. The normalized spacial score (nSPS) is 10.7. The minimum Gasteiger partial charge on any atom is -0.268 e. The second kappa shape index (κ2) is 4.11. The molecule has 0 saturated carbocycles. The van der Waals surface area contributed by atoms with Gasteiger partial charge in [-0.2, -0.15) is 0 Å². The van der Waals surface area contributed by atoms with E-state index in [4.69, 9.17) is 0 Å². The number of hydrogen-bond acceptors (Lipinski definition) is 2. The molecule has 0 aliphatic heterocycles. The standard InChI is InChI=1S/C15H12N2O/c1-11-4-2-5-13(10-11)15(18)17-9-7-12-6-3-8-16-14(12)17/h2-10H,1H3. The minimum absolute atomic E-state index is 0.0487. The summed E-state index contributed by atoms with van der Waals surface area (Å²) >= 11 is 0. The molecule has 3 aromatic rings. The van der Waals surface area contributed by atoms with E-state index < -0.39 is 0 Å². The van der Waals surface area contributed by atoms with Crippen molar-refractivity contribution in [1.82, 2.24) is 9.55 Å². The highest BCUT2D eigenvalue weighted by Gasteiger charge is 2.11. The molecule has 0 aliphatic rings. The van der Waals surface area contributed by atoms with Crippen LogP contribution in [0.3, 0.4) is 0 Å². The highest BCUT2D eigenvalue weighted by atomic mass is 16.2. The van der Waals surface area contributed by atoms with E-state index in [0.717, 1.165) is 10.9 Å². The first-order chi connectivity index (χ1) is 8.75. The summed E-state index contributed by atoms with van der Waals surface area (Å²) in [7, 11) is 0. The van der Waals surface area contributed by atoms with E-state index in [0.29, 0.717) is 11.2 Å². The predicted octanol–water partition coefficient (Wildman–Crippen LogP) is 3.03. The van der Waals surface area contributed by atoms with E-state index in [-0.39, 0.29) is 5.91 Å². The first-order valence-electron chi connectivity index (χ1n) is 5.79. The molecule has 0 spiro atoms. The van der Waals surface area contributed by atoms with Gasteiger partial charge in [-0.25, -0.2) is 4.98 Å². The zero-order valence-corrected chi connectivity index (χ0v) is 10.00. The predicted molar refractivity (Wildman–Crippen MR) is 70.6 cm³/mol. The molecule has 0 atom stereocenters. The summed E-state index contributed by atoms with van der Waals surface area (Å²) < 4.78 is 1.59. The fraction of sp³-hybridized carbons (Fsp3) is 0.0667. The summed E-state index contributed by atoms with van der Waals surface area (Å²) in [5, 5.41) is 0.971. The second-order valence-electron chi connectivity index (χ2n) is 4.28. The van der Waals surface area contributed by atoms with Gasteiger partial charge in [0.1, 0.15) is 5.65 Å². The summed E-state index contributed by atoms with van der Waals surface area (Å²) in [4.78, 5) is 16.6. The molecular weight excluding hydrogens is 224 g/mol. The molecule has 2 heterocycles. The Labute approximate surface area is 105 Å². The van der Waals surface area contributed by atoms with Crippen LogP contribution in [0.1, 0.15) is 15.9 Å². The smallest absolute Gasteiger partial charge is 0.263 e. The Morgan fingerprint density at radius 1 is 1.17 bits per heavy atom. The van der Waals surface area contributed by atoms with Crippen molar-refractivity contribution in [2.45, 2.75) is 6.92 Å². The summed E-state index contributed by atoms with van der Waals surface area (Å²) in [5.41, 5.74) is 2.45. The monoisotopic (exact) mass is 236 g/mol. The van der Waals surface area contributed by atoms with Gasteiger partial charge >= 0.3 is 0 Å². The molecule has 0 unspecified atom stereocenters. The lowest BCUT2D eigenvalue weighted by Crippen LogP contribution is -2.11. The Balaban J connectivity index is 2.12. The molecule has 2 aromatic heterocycles. The lowest BCUT2D eigenvalue weighted by molar-refractivity contribution is 0.0964. The fourth-order valence-corrected chi connectivity index (χ4v) is 2.05. The van der Waals surface area contributed by atoms with Crippen molar-refractivity contribution in [1.29, 1.82) is 0 Å². The van der Waals surface area contributed by atoms with Gasteiger partial charge in [-0.1, -0.05) is 17.7 Å². The number of fused-ring (bicyclic) bond motifs is 1. The number of aromatic nitrogens is 2. The molecule has 0 fully saturated rings. The zero-order chi connectivity index (χ0) is 12.5. The molecule has 0 saturated heterocycles. The van der Waals surface area contributed by atoms with Crippen LogP contribution in [0.2, 0.25) is 0 Å². The van der Waals surface area contributed by atoms with Crippen LogP contribution in [0.4, 0.5) is 0 Å². The van der Waals surface area contributed by atoms with Crippen LogP contribution in [0.25, 0.3) is 11.0 Å². The topological polar surface area (TPSA) is 34.9 Å². The van der Waals surface area contributed by atoms with Gasteiger partial charge in [0.2, 0.25) is 0 Å². The van der Waals surface area contributed by atoms with Gasteiger partial charge in [-0.15, -0.1) is 0 Å². The number of carbonyl (C=O) groups is 1. The molecule has 18 heavy (non-hydrogen) atoms. The molecule has 3 heteroatoms. The molecule has 1 aromatic carbocycles. The number of carbonyl (C=O) groups excluding carboxylic acids is 1. The highest BCUT2D eigenvalue weighted by Crippen LogP contribution is 2.15. The third-order valence-corrected chi connectivity index (χ3v) is 2.93.